The third kappa shape index (κ3) is 4.53. The molecule has 2 amide bonds. The van der Waals surface area contributed by atoms with E-state index < -0.39 is 0 Å². The molecule has 1 N–H and O–H groups in total. The molecule has 1 heterocycles. The quantitative estimate of drug-likeness (QED) is 0.478. The molecule has 1 aliphatic heterocycles. The molecule has 0 spiro atoms. The molecule has 0 bridgehead atoms. The zero-order valence-electron chi connectivity index (χ0n) is 19.8. The van der Waals surface area contributed by atoms with Gasteiger partial charge in [0.1, 0.15) is 17.2 Å². The topological polar surface area (TPSA) is 67.9 Å². The van der Waals surface area contributed by atoms with Crippen LogP contribution in [-0.2, 0) is 16.1 Å². The summed E-state index contributed by atoms with van der Waals surface area (Å²) < 4.78 is 10.9. The number of para-hydroxylation sites is 1. The second-order valence-corrected chi connectivity index (χ2v) is 8.14. The van der Waals surface area contributed by atoms with Gasteiger partial charge in [-0.1, -0.05) is 36.4 Å². The average molecular weight is 457 g/mol. The van der Waals surface area contributed by atoms with Crippen molar-refractivity contribution in [3.63, 3.8) is 0 Å². The van der Waals surface area contributed by atoms with E-state index >= 15 is 0 Å². The monoisotopic (exact) mass is 456 g/mol. The predicted molar refractivity (Wildman–Crippen MR) is 133 cm³/mol. The predicted octanol–water partition coefficient (Wildman–Crippen LogP) is 5.10. The van der Waals surface area contributed by atoms with Crippen LogP contribution < -0.4 is 14.8 Å². The van der Waals surface area contributed by atoms with Gasteiger partial charge in [0, 0.05) is 11.3 Å². The first kappa shape index (κ1) is 23.1. The van der Waals surface area contributed by atoms with Gasteiger partial charge in [0.15, 0.2) is 0 Å². The first-order valence-electron chi connectivity index (χ1n) is 11.2. The number of anilines is 1. The minimum absolute atomic E-state index is 0.116. The number of carbonyl (C=O) groups excluding carboxylic acids is 2. The molecule has 0 unspecified atom stereocenters. The number of benzene rings is 3. The highest BCUT2D eigenvalue weighted by Gasteiger charge is 2.39. The lowest BCUT2D eigenvalue weighted by Gasteiger charge is -2.17. The fourth-order valence-corrected chi connectivity index (χ4v) is 3.95. The maximum Gasteiger partial charge on any atom is 0.278 e. The summed E-state index contributed by atoms with van der Waals surface area (Å²) in [6.07, 6.45) is 0. The van der Waals surface area contributed by atoms with Crippen LogP contribution in [0.5, 0.6) is 11.5 Å². The van der Waals surface area contributed by atoms with Crippen molar-refractivity contribution >= 4 is 23.1 Å². The molecule has 0 aliphatic carbocycles. The molecule has 34 heavy (non-hydrogen) atoms. The van der Waals surface area contributed by atoms with E-state index in [1.54, 1.807) is 7.11 Å². The van der Waals surface area contributed by atoms with E-state index in [0.717, 1.165) is 22.4 Å². The maximum absolute atomic E-state index is 13.6. The van der Waals surface area contributed by atoms with Crippen molar-refractivity contribution in [1.82, 2.24) is 4.90 Å². The summed E-state index contributed by atoms with van der Waals surface area (Å²) in [5, 5.41) is 3.20. The molecule has 0 aromatic heterocycles. The minimum Gasteiger partial charge on any atom is -0.496 e. The first-order valence-corrected chi connectivity index (χ1v) is 11.2. The zero-order valence-corrected chi connectivity index (χ0v) is 19.8. The molecule has 3 aromatic rings. The molecule has 174 valence electrons. The van der Waals surface area contributed by atoms with E-state index in [2.05, 4.69) is 5.32 Å². The van der Waals surface area contributed by atoms with Gasteiger partial charge in [-0.15, -0.1) is 0 Å². The van der Waals surface area contributed by atoms with Crippen LogP contribution in [-0.4, -0.2) is 30.4 Å². The molecular formula is C28H28N2O4. The van der Waals surface area contributed by atoms with E-state index in [1.807, 2.05) is 87.5 Å². The van der Waals surface area contributed by atoms with Crippen molar-refractivity contribution in [3.05, 3.63) is 94.7 Å². The Balaban J connectivity index is 1.73. The van der Waals surface area contributed by atoms with Gasteiger partial charge in [-0.05, 0) is 67.8 Å². The van der Waals surface area contributed by atoms with E-state index in [4.69, 9.17) is 9.47 Å². The summed E-state index contributed by atoms with van der Waals surface area (Å²) in [4.78, 5) is 28.4. The van der Waals surface area contributed by atoms with Gasteiger partial charge in [0.05, 0.1) is 25.8 Å². The number of carbonyl (C=O) groups is 2. The van der Waals surface area contributed by atoms with Crippen molar-refractivity contribution in [2.24, 2.45) is 0 Å². The number of imide groups is 1. The number of amides is 2. The zero-order chi connectivity index (χ0) is 24.2. The Morgan fingerprint density at radius 3 is 2.29 bits per heavy atom. The van der Waals surface area contributed by atoms with Crippen molar-refractivity contribution in [2.45, 2.75) is 27.3 Å². The first-order chi connectivity index (χ1) is 16.4. The number of hydrogen-bond acceptors (Lipinski definition) is 5. The van der Waals surface area contributed by atoms with Gasteiger partial charge in [-0.2, -0.15) is 0 Å². The van der Waals surface area contributed by atoms with E-state index in [9.17, 15) is 9.59 Å². The van der Waals surface area contributed by atoms with Crippen LogP contribution in [0.15, 0.2) is 72.4 Å². The van der Waals surface area contributed by atoms with Gasteiger partial charge >= 0.3 is 0 Å². The lowest BCUT2D eigenvalue weighted by atomic mass is 9.99. The normalized spacial score (nSPS) is 13.5. The number of methoxy groups -OCH3 is 1. The molecule has 6 heteroatoms. The summed E-state index contributed by atoms with van der Waals surface area (Å²) in [6, 6.07) is 20.5. The fraction of sp³-hybridized carbons (Fsp3) is 0.214. The van der Waals surface area contributed by atoms with Crippen molar-refractivity contribution < 1.29 is 19.1 Å². The van der Waals surface area contributed by atoms with Crippen LogP contribution in [0.25, 0.3) is 5.57 Å². The Kier molecular flexibility index (Phi) is 6.68. The fourth-order valence-electron chi connectivity index (χ4n) is 3.95. The van der Waals surface area contributed by atoms with Crippen LogP contribution >= 0.6 is 0 Å². The van der Waals surface area contributed by atoms with Crippen LogP contribution in [0.4, 0.5) is 5.69 Å². The molecule has 4 rings (SSSR count). The molecule has 1 aliphatic rings. The summed E-state index contributed by atoms with van der Waals surface area (Å²) in [6.45, 7) is 6.62. The maximum atomic E-state index is 13.6. The number of nitrogens with one attached hydrogen (secondary N) is 1. The molecule has 6 nitrogen and oxygen atoms in total. The number of nitrogens with zero attached hydrogens (tertiary/aromatic N) is 1. The Morgan fingerprint density at radius 1 is 0.882 bits per heavy atom. The van der Waals surface area contributed by atoms with Gasteiger partial charge in [0.2, 0.25) is 0 Å². The highest BCUT2D eigenvalue weighted by Crippen LogP contribution is 2.33. The Hall–Kier alpha value is -4.06. The molecule has 0 fully saturated rings. The standard InChI is InChI=1S/C28H28N2O4/c1-5-34-23-14-12-22(13-15-23)29-26-25(20-11-10-18(2)19(3)16-20)27(31)30(28(26)32)17-21-8-6-7-9-24(21)33-4/h6-16,29H,5,17H2,1-4H3. The molecule has 0 saturated carbocycles. The third-order valence-electron chi connectivity index (χ3n) is 5.92. The van der Waals surface area contributed by atoms with Crippen LogP contribution in [0, 0.1) is 13.8 Å². The summed E-state index contributed by atoms with van der Waals surface area (Å²) in [7, 11) is 1.57. The largest absolute Gasteiger partial charge is 0.496 e. The highest BCUT2D eigenvalue weighted by atomic mass is 16.5. The van der Waals surface area contributed by atoms with Gasteiger partial charge in [-0.25, -0.2) is 0 Å². The number of hydrogen-bond donors (Lipinski definition) is 1. The minimum atomic E-state index is -0.377. The van der Waals surface area contributed by atoms with Crippen molar-refractivity contribution in [2.75, 3.05) is 19.0 Å². The third-order valence-corrected chi connectivity index (χ3v) is 5.92. The summed E-state index contributed by atoms with van der Waals surface area (Å²) >= 11 is 0. The Labute approximate surface area is 199 Å². The lowest BCUT2D eigenvalue weighted by Crippen LogP contribution is -2.32. The van der Waals surface area contributed by atoms with Crippen molar-refractivity contribution in [1.29, 1.82) is 0 Å². The molecule has 0 radical (unpaired) electrons. The average Bonchev–Trinajstić information content (AvgIpc) is 3.07. The second-order valence-electron chi connectivity index (χ2n) is 8.14. The van der Waals surface area contributed by atoms with E-state index in [1.165, 1.54) is 4.90 Å². The number of aryl methyl sites for hydroxylation is 2. The summed E-state index contributed by atoms with van der Waals surface area (Å²) in [5.41, 5.74) is 4.94. The van der Waals surface area contributed by atoms with Gasteiger partial charge in [0.25, 0.3) is 11.8 Å². The number of ether oxygens (including phenoxy) is 2. The van der Waals surface area contributed by atoms with E-state index in [0.29, 0.717) is 29.2 Å². The second kappa shape index (κ2) is 9.83. The molecule has 0 saturated heterocycles. The Morgan fingerprint density at radius 2 is 1.62 bits per heavy atom. The van der Waals surface area contributed by atoms with E-state index in [-0.39, 0.29) is 24.1 Å². The molecule has 3 aromatic carbocycles. The SMILES string of the molecule is CCOc1ccc(NC2=C(c3ccc(C)c(C)c3)C(=O)N(Cc3ccccc3OC)C2=O)cc1. The smallest absolute Gasteiger partial charge is 0.278 e. The Bertz CT molecular complexity index is 1260. The van der Waals surface area contributed by atoms with Gasteiger partial charge < -0.3 is 14.8 Å². The van der Waals surface area contributed by atoms with Gasteiger partial charge in [-0.3, -0.25) is 14.5 Å². The lowest BCUT2D eigenvalue weighted by molar-refractivity contribution is -0.137. The van der Waals surface area contributed by atoms with Crippen LogP contribution in [0.3, 0.4) is 0 Å². The van der Waals surface area contributed by atoms with Crippen LogP contribution in [0.2, 0.25) is 0 Å². The number of rotatable bonds is 8. The molecular weight excluding hydrogens is 428 g/mol. The molecule has 0 atom stereocenters. The summed E-state index contributed by atoms with van der Waals surface area (Å²) in [5.74, 6) is 0.650. The van der Waals surface area contributed by atoms with Crippen molar-refractivity contribution in [3.8, 4) is 11.5 Å². The van der Waals surface area contributed by atoms with Crippen LogP contribution in [0.1, 0.15) is 29.2 Å². The highest BCUT2D eigenvalue weighted by molar-refractivity contribution is 6.36.